The molecular formula is C5H4Cl2O2. The highest BCUT2D eigenvalue weighted by Gasteiger charge is 2.38. The highest BCUT2D eigenvalue weighted by molar-refractivity contribution is 6.59. The van der Waals surface area contributed by atoms with Crippen LogP contribution in [-0.4, -0.2) is 10.3 Å². The molecule has 0 atom stereocenters. The number of carbonyl (C=O) groups excluding carboxylic acids is 1. The molecule has 1 aliphatic rings. The van der Waals surface area contributed by atoms with E-state index in [-0.39, 0.29) is 0 Å². The molecule has 0 spiro atoms. The molecule has 1 rings (SSSR count). The second-order valence-electron chi connectivity index (χ2n) is 1.77. The first-order valence-electron chi connectivity index (χ1n) is 2.32. The first kappa shape index (κ1) is 6.90. The summed E-state index contributed by atoms with van der Waals surface area (Å²) in [6.07, 6.45) is 1.36. The number of rotatable bonds is 0. The Balaban J connectivity index is 2.89. The van der Waals surface area contributed by atoms with Gasteiger partial charge in [-0.3, -0.25) is 0 Å². The lowest BCUT2D eigenvalue weighted by Gasteiger charge is -2.01. The molecule has 0 aromatic carbocycles. The van der Waals surface area contributed by atoms with Crippen molar-refractivity contribution in [1.82, 2.24) is 0 Å². The largest absolute Gasteiger partial charge is 0.429 e. The van der Waals surface area contributed by atoms with Gasteiger partial charge in [0.05, 0.1) is 0 Å². The van der Waals surface area contributed by atoms with Crippen LogP contribution in [0.3, 0.4) is 0 Å². The molecule has 0 saturated heterocycles. The van der Waals surface area contributed by atoms with Gasteiger partial charge < -0.3 is 4.74 Å². The Morgan fingerprint density at radius 3 is 2.33 bits per heavy atom. The third-order valence-corrected chi connectivity index (χ3v) is 1.44. The first-order valence-corrected chi connectivity index (χ1v) is 3.07. The zero-order valence-corrected chi connectivity index (χ0v) is 6.16. The van der Waals surface area contributed by atoms with E-state index < -0.39 is 10.3 Å². The van der Waals surface area contributed by atoms with Crippen molar-refractivity contribution in [3.63, 3.8) is 0 Å². The van der Waals surface area contributed by atoms with Crippen molar-refractivity contribution < 1.29 is 9.53 Å². The number of ether oxygens (including phenoxy) is 1. The fraction of sp³-hybridized carbons (Fsp3) is 0.400. The van der Waals surface area contributed by atoms with E-state index in [2.05, 4.69) is 4.74 Å². The minimum absolute atomic E-state index is 0.449. The lowest BCUT2D eigenvalue weighted by Crippen LogP contribution is -2.18. The quantitative estimate of drug-likeness (QED) is 0.404. The highest BCUT2D eigenvalue weighted by atomic mass is 35.5. The number of cyclic esters (lactones) is 1. The van der Waals surface area contributed by atoms with Gasteiger partial charge in [-0.05, 0) is 6.92 Å². The second kappa shape index (κ2) is 1.89. The number of hydrogen-bond donors (Lipinski definition) is 0. The van der Waals surface area contributed by atoms with Gasteiger partial charge in [-0.1, -0.05) is 23.2 Å². The SMILES string of the molecule is CC1=CC(Cl)(Cl)C(=O)O1. The lowest BCUT2D eigenvalue weighted by atomic mass is 10.4. The number of hydrogen-bond acceptors (Lipinski definition) is 2. The van der Waals surface area contributed by atoms with Gasteiger partial charge in [-0.25, -0.2) is 4.79 Å². The Hall–Kier alpha value is -0.210. The lowest BCUT2D eigenvalue weighted by molar-refractivity contribution is -0.137. The molecule has 0 saturated carbocycles. The smallest absolute Gasteiger partial charge is 0.351 e. The van der Waals surface area contributed by atoms with Crippen molar-refractivity contribution >= 4 is 29.2 Å². The summed E-state index contributed by atoms with van der Waals surface area (Å²) in [7, 11) is 0. The van der Waals surface area contributed by atoms with Crippen molar-refractivity contribution in [3.05, 3.63) is 11.8 Å². The molecule has 50 valence electrons. The van der Waals surface area contributed by atoms with Crippen molar-refractivity contribution in [3.8, 4) is 0 Å². The Kier molecular flexibility index (Phi) is 1.45. The number of alkyl halides is 2. The van der Waals surface area contributed by atoms with Crippen LogP contribution in [0.4, 0.5) is 0 Å². The predicted octanol–water partition coefficient (Wildman–Crippen LogP) is 1.62. The molecule has 0 radical (unpaired) electrons. The molecule has 0 bridgehead atoms. The molecule has 0 unspecified atom stereocenters. The second-order valence-corrected chi connectivity index (χ2v) is 3.15. The summed E-state index contributed by atoms with van der Waals surface area (Å²) >= 11 is 10.9. The van der Waals surface area contributed by atoms with Gasteiger partial charge in [0.2, 0.25) is 4.33 Å². The van der Waals surface area contributed by atoms with Gasteiger partial charge in [0.15, 0.2) is 0 Å². The average molecular weight is 167 g/mol. The van der Waals surface area contributed by atoms with E-state index in [1.165, 1.54) is 6.08 Å². The number of esters is 1. The fourth-order valence-electron chi connectivity index (χ4n) is 0.558. The molecule has 1 heterocycles. The summed E-state index contributed by atoms with van der Waals surface area (Å²) in [6, 6.07) is 0. The maximum atomic E-state index is 10.6. The van der Waals surface area contributed by atoms with E-state index >= 15 is 0 Å². The summed E-state index contributed by atoms with van der Waals surface area (Å²) in [4.78, 5) is 10.6. The topological polar surface area (TPSA) is 26.3 Å². The number of halogens is 2. The van der Waals surface area contributed by atoms with Crippen molar-refractivity contribution in [2.45, 2.75) is 11.3 Å². The Morgan fingerprint density at radius 2 is 2.22 bits per heavy atom. The van der Waals surface area contributed by atoms with Gasteiger partial charge in [0.1, 0.15) is 5.76 Å². The van der Waals surface area contributed by atoms with Gasteiger partial charge in [-0.15, -0.1) is 0 Å². The third kappa shape index (κ3) is 1.19. The molecular weight excluding hydrogens is 163 g/mol. The van der Waals surface area contributed by atoms with Crippen LogP contribution >= 0.6 is 23.2 Å². The normalized spacial score (nSPS) is 23.4. The van der Waals surface area contributed by atoms with Gasteiger partial charge in [-0.2, -0.15) is 0 Å². The van der Waals surface area contributed by atoms with Crippen LogP contribution in [0.5, 0.6) is 0 Å². The Morgan fingerprint density at radius 1 is 1.67 bits per heavy atom. The molecule has 0 amide bonds. The summed E-state index contributed by atoms with van der Waals surface area (Å²) < 4.78 is 3.08. The zero-order chi connectivity index (χ0) is 7.07. The maximum Gasteiger partial charge on any atom is 0.351 e. The molecule has 1 aliphatic heterocycles. The van der Waals surface area contributed by atoms with E-state index in [9.17, 15) is 4.79 Å². The van der Waals surface area contributed by atoms with Crippen LogP contribution in [0.2, 0.25) is 0 Å². The van der Waals surface area contributed by atoms with Crippen LogP contribution in [0.15, 0.2) is 11.8 Å². The van der Waals surface area contributed by atoms with Crippen LogP contribution in [-0.2, 0) is 9.53 Å². The molecule has 9 heavy (non-hydrogen) atoms. The van der Waals surface area contributed by atoms with Crippen molar-refractivity contribution in [2.24, 2.45) is 0 Å². The summed E-state index contributed by atoms with van der Waals surface area (Å²) in [6.45, 7) is 1.62. The monoisotopic (exact) mass is 166 g/mol. The zero-order valence-electron chi connectivity index (χ0n) is 4.65. The predicted molar refractivity (Wildman–Crippen MR) is 34.3 cm³/mol. The number of carbonyl (C=O) groups is 1. The van der Waals surface area contributed by atoms with E-state index in [1.54, 1.807) is 6.92 Å². The fourth-order valence-corrected chi connectivity index (χ4v) is 0.942. The van der Waals surface area contributed by atoms with Crippen LogP contribution in [0.1, 0.15) is 6.92 Å². The van der Waals surface area contributed by atoms with E-state index in [0.717, 1.165) is 0 Å². The average Bonchev–Trinajstić information content (AvgIpc) is 1.79. The van der Waals surface area contributed by atoms with Crippen LogP contribution in [0.25, 0.3) is 0 Å². The van der Waals surface area contributed by atoms with E-state index in [1.807, 2.05) is 0 Å². The first-order chi connectivity index (χ1) is 4.02. The molecule has 4 heteroatoms. The van der Waals surface area contributed by atoms with Gasteiger partial charge in [0, 0.05) is 6.08 Å². The summed E-state index contributed by atoms with van der Waals surface area (Å²) in [5.74, 6) is -0.173. The van der Waals surface area contributed by atoms with Gasteiger partial charge >= 0.3 is 5.97 Å². The molecule has 0 N–H and O–H groups in total. The van der Waals surface area contributed by atoms with Crippen molar-refractivity contribution in [2.75, 3.05) is 0 Å². The Labute approximate surface area is 62.4 Å². The summed E-state index contributed by atoms with van der Waals surface area (Å²) in [5.41, 5.74) is 0. The molecule has 2 nitrogen and oxygen atoms in total. The molecule has 0 aliphatic carbocycles. The number of allylic oxidation sites excluding steroid dienone is 1. The highest BCUT2D eigenvalue weighted by Crippen LogP contribution is 2.31. The van der Waals surface area contributed by atoms with Crippen molar-refractivity contribution in [1.29, 1.82) is 0 Å². The standard InChI is InChI=1S/C5H4Cl2O2/c1-3-2-5(6,7)4(8)9-3/h2H,1H3. The van der Waals surface area contributed by atoms with Crippen LogP contribution in [0, 0.1) is 0 Å². The van der Waals surface area contributed by atoms with Crippen LogP contribution < -0.4 is 0 Å². The van der Waals surface area contributed by atoms with E-state index in [0.29, 0.717) is 5.76 Å². The van der Waals surface area contributed by atoms with Gasteiger partial charge in [0.25, 0.3) is 0 Å². The molecule has 0 fully saturated rings. The minimum atomic E-state index is -1.45. The summed E-state index contributed by atoms with van der Waals surface area (Å²) in [5, 5.41) is 0. The Bertz CT molecular complexity index is 183. The minimum Gasteiger partial charge on any atom is -0.429 e. The molecule has 0 aromatic heterocycles. The van der Waals surface area contributed by atoms with E-state index in [4.69, 9.17) is 23.2 Å². The third-order valence-electron chi connectivity index (χ3n) is 0.910. The molecule has 0 aromatic rings. The maximum absolute atomic E-state index is 10.6.